The zero-order valence-electron chi connectivity index (χ0n) is 17.0. The molecule has 8 nitrogen and oxygen atoms in total. The molecule has 1 N–H and O–H groups in total. The number of aliphatic carboxylic acids is 1. The summed E-state index contributed by atoms with van der Waals surface area (Å²) in [5.41, 5.74) is 1.68. The van der Waals surface area contributed by atoms with Crippen LogP contribution in [0.25, 0.3) is 6.08 Å². The van der Waals surface area contributed by atoms with E-state index in [0.29, 0.717) is 39.7 Å². The lowest BCUT2D eigenvalue weighted by molar-refractivity contribution is -0.144. The van der Waals surface area contributed by atoms with E-state index < -0.39 is 24.0 Å². The Morgan fingerprint density at radius 2 is 1.63 bits per heavy atom. The third-order valence-electron chi connectivity index (χ3n) is 4.87. The number of carboxylic acids is 1. The Morgan fingerprint density at radius 1 is 0.967 bits per heavy atom. The third-order valence-corrected chi connectivity index (χ3v) is 4.87. The van der Waals surface area contributed by atoms with E-state index in [0.717, 1.165) is 6.08 Å². The summed E-state index contributed by atoms with van der Waals surface area (Å²) >= 11 is 0. The first-order valence-electron chi connectivity index (χ1n) is 9.03. The van der Waals surface area contributed by atoms with Crippen molar-refractivity contribution in [3.8, 4) is 23.0 Å². The maximum absolute atomic E-state index is 12.8. The van der Waals surface area contributed by atoms with E-state index in [1.54, 1.807) is 30.3 Å². The maximum atomic E-state index is 12.8. The van der Waals surface area contributed by atoms with Crippen LogP contribution in [0, 0.1) is 0 Å². The molecule has 0 unspecified atom stereocenters. The average molecular weight is 414 g/mol. The average Bonchev–Trinajstić information content (AvgIpc) is 3.17. The minimum atomic E-state index is -1.11. The Hall–Kier alpha value is -3.68. The Bertz CT molecular complexity index is 995. The lowest BCUT2D eigenvalue weighted by atomic mass is 9.87. The van der Waals surface area contributed by atoms with Gasteiger partial charge in [-0.25, -0.2) is 4.79 Å². The zero-order valence-corrected chi connectivity index (χ0v) is 17.0. The number of carbonyl (C=O) groups excluding carboxylic acids is 1. The van der Waals surface area contributed by atoms with Gasteiger partial charge in [-0.1, -0.05) is 12.1 Å². The van der Waals surface area contributed by atoms with E-state index in [-0.39, 0.29) is 0 Å². The third kappa shape index (κ3) is 3.76. The minimum absolute atomic E-state index is 0.361. The molecule has 0 fully saturated rings. The summed E-state index contributed by atoms with van der Waals surface area (Å²) < 4.78 is 27.3. The van der Waals surface area contributed by atoms with Gasteiger partial charge in [0.1, 0.15) is 12.0 Å². The molecule has 8 heteroatoms. The van der Waals surface area contributed by atoms with Gasteiger partial charge in [0, 0.05) is 11.6 Å². The number of hydrogen-bond donors (Lipinski definition) is 1. The number of hydrogen-bond acceptors (Lipinski definition) is 7. The van der Waals surface area contributed by atoms with E-state index >= 15 is 0 Å². The summed E-state index contributed by atoms with van der Waals surface area (Å²) in [4.78, 5) is 23.8. The fraction of sp³-hybridized carbons (Fsp3) is 0.273. The number of benzene rings is 2. The van der Waals surface area contributed by atoms with Crippen molar-refractivity contribution in [1.29, 1.82) is 0 Å². The Morgan fingerprint density at radius 3 is 2.23 bits per heavy atom. The van der Waals surface area contributed by atoms with Gasteiger partial charge in [-0.3, -0.25) is 4.79 Å². The van der Waals surface area contributed by atoms with Crippen LogP contribution in [0.15, 0.2) is 36.4 Å². The van der Waals surface area contributed by atoms with Crippen molar-refractivity contribution in [2.24, 2.45) is 0 Å². The van der Waals surface area contributed by atoms with E-state index in [2.05, 4.69) is 0 Å². The molecule has 2 atom stereocenters. The molecule has 2 aromatic carbocycles. The van der Waals surface area contributed by atoms with Crippen molar-refractivity contribution in [3.05, 3.63) is 53.1 Å². The largest absolute Gasteiger partial charge is 0.493 e. The Kier molecular flexibility index (Phi) is 6.15. The fourth-order valence-electron chi connectivity index (χ4n) is 3.51. The molecule has 2 aromatic rings. The van der Waals surface area contributed by atoms with Gasteiger partial charge in [-0.05, 0) is 35.4 Å². The quantitative estimate of drug-likeness (QED) is 0.545. The summed E-state index contributed by atoms with van der Waals surface area (Å²) in [6.45, 7) is 0. The zero-order chi connectivity index (χ0) is 21.8. The van der Waals surface area contributed by atoms with Crippen molar-refractivity contribution >= 4 is 18.0 Å². The SMILES string of the molecule is COC(=O)[C@H]1c2c(/C=C/C(=O)O)ccc(OC)c2O[C@@H]1c1ccc(OC)c(OC)c1. The van der Waals surface area contributed by atoms with Crippen molar-refractivity contribution < 1.29 is 38.4 Å². The van der Waals surface area contributed by atoms with Crippen molar-refractivity contribution in [3.63, 3.8) is 0 Å². The summed E-state index contributed by atoms with van der Waals surface area (Å²) in [5, 5.41) is 9.02. The van der Waals surface area contributed by atoms with Crippen LogP contribution < -0.4 is 18.9 Å². The number of fused-ring (bicyclic) bond motifs is 1. The number of methoxy groups -OCH3 is 4. The van der Waals surface area contributed by atoms with Crippen LogP contribution >= 0.6 is 0 Å². The minimum Gasteiger partial charge on any atom is -0.493 e. The summed E-state index contributed by atoms with van der Waals surface area (Å²) in [6.07, 6.45) is 1.68. The fourth-order valence-corrected chi connectivity index (χ4v) is 3.51. The molecule has 0 amide bonds. The molecule has 1 aliphatic rings. The molecule has 0 radical (unpaired) electrons. The second kappa shape index (κ2) is 8.77. The lowest BCUT2D eigenvalue weighted by Gasteiger charge is -2.19. The van der Waals surface area contributed by atoms with Gasteiger partial charge in [0.25, 0.3) is 0 Å². The molecule has 0 saturated heterocycles. The lowest BCUT2D eigenvalue weighted by Crippen LogP contribution is -2.20. The summed E-state index contributed by atoms with van der Waals surface area (Å²) in [5.74, 6) is -0.664. The number of ether oxygens (including phenoxy) is 5. The van der Waals surface area contributed by atoms with Crippen LogP contribution in [-0.4, -0.2) is 45.5 Å². The van der Waals surface area contributed by atoms with Crippen molar-refractivity contribution in [2.45, 2.75) is 12.0 Å². The molecule has 0 aliphatic carbocycles. The van der Waals surface area contributed by atoms with Gasteiger partial charge >= 0.3 is 11.9 Å². The normalized spacial score (nSPS) is 17.2. The molecule has 0 bridgehead atoms. The molecule has 0 saturated carbocycles. The molecular weight excluding hydrogens is 392 g/mol. The molecular formula is C22H22O8. The van der Waals surface area contributed by atoms with Gasteiger partial charge in [0.15, 0.2) is 23.0 Å². The second-order valence-corrected chi connectivity index (χ2v) is 6.43. The summed E-state index contributed by atoms with van der Waals surface area (Å²) in [6, 6.07) is 8.55. The first kappa shape index (κ1) is 21.0. The van der Waals surface area contributed by atoms with Crippen molar-refractivity contribution in [1.82, 2.24) is 0 Å². The highest BCUT2D eigenvalue weighted by Gasteiger charge is 2.44. The Labute approximate surface area is 173 Å². The molecule has 1 heterocycles. The smallest absolute Gasteiger partial charge is 0.328 e. The standard InChI is InChI=1S/C22H22O8/c1-26-14-8-6-13(11-16(14)28-3)20-19(22(25)29-4)18-12(7-10-17(23)24)5-9-15(27-2)21(18)30-20/h5-11,19-20H,1-4H3,(H,23,24)/b10-7+/t19-,20+/m0/s1. The van der Waals surface area contributed by atoms with E-state index in [4.69, 9.17) is 28.8 Å². The second-order valence-electron chi connectivity index (χ2n) is 6.43. The van der Waals surface area contributed by atoms with Gasteiger partial charge < -0.3 is 28.8 Å². The molecule has 3 rings (SSSR count). The predicted octanol–water partition coefficient (Wildman–Crippen LogP) is 3.20. The number of rotatable bonds is 7. The van der Waals surface area contributed by atoms with Gasteiger partial charge in [0.2, 0.25) is 0 Å². The molecule has 30 heavy (non-hydrogen) atoms. The molecule has 0 spiro atoms. The maximum Gasteiger partial charge on any atom is 0.328 e. The molecule has 0 aromatic heterocycles. The van der Waals surface area contributed by atoms with Gasteiger partial charge in [-0.15, -0.1) is 0 Å². The van der Waals surface area contributed by atoms with Crippen LogP contribution in [0.1, 0.15) is 28.7 Å². The molecule has 1 aliphatic heterocycles. The van der Waals surface area contributed by atoms with Crippen molar-refractivity contribution in [2.75, 3.05) is 28.4 Å². The van der Waals surface area contributed by atoms with Gasteiger partial charge in [0.05, 0.1) is 28.4 Å². The topological polar surface area (TPSA) is 101 Å². The first-order chi connectivity index (χ1) is 14.4. The predicted molar refractivity (Wildman–Crippen MR) is 107 cm³/mol. The van der Waals surface area contributed by atoms with Crippen LogP contribution in [0.4, 0.5) is 0 Å². The number of carbonyl (C=O) groups is 2. The van der Waals surface area contributed by atoms with Gasteiger partial charge in [-0.2, -0.15) is 0 Å². The monoisotopic (exact) mass is 414 g/mol. The van der Waals surface area contributed by atoms with Crippen LogP contribution in [0.5, 0.6) is 23.0 Å². The Balaban J connectivity index is 2.18. The highest BCUT2D eigenvalue weighted by Crippen LogP contribution is 2.53. The highest BCUT2D eigenvalue weighted by molar-refractivity contribution is 5.89. The highest BCUT2D eigenvalue weighted by atomic mass is 16.5. The number of carboxylic acid groups (broad SMARTS) is 1. The van der Waals surface area contributed by atoms with E-state index in [1.807, 2.05) is 0 Å². The van der Waals surface area contributed by atoms with Crippen LogP contribution in [0.3, 0.4) is 0 Å². The first-order valence-corrected chi connectivity index (χ1v) is 9.03. The number of esters is 1. The van der Waals surface area contributed by atoms with Crippen LogP contribution in [-0.2, 0) is 14.3 Å². The molecule has 158 valence electrons. The van der Waals surface area contributed by atoms with E-state index in [9.17, 15) is 9.59 Å². The van der Waals surface area contributed by atoms with E-state index in [1.165, 1.54) is 34.5 Å². The summed E-state index contributed by atoms with van der Waals surface area (Å²) in [7, 11) is 5.83. The van der Waals surface area contributed by atoms with Crippen LogP contribution in [0.2, 0.25) is 0 Å².